The molecule has 2 aromatic rings. The van der Waals surface area contributed by atoms with Gasteiger partial charge in [-0.1, -0.05) is 48.0 Å². The Labute approximate surface area is 118 Å². The van der Waals surface area contributed by atoms with Crippen molar-refractivity contribution in [2.75, 3.05) is 5.32 Å². The molecule has 0 bridgehead atoms. The summed E-state index contributed by atoms with van der Waals surface area (Å²) >= 11 is 6.13. The maximum Gasteiger partial charge on any atom is 0.242 e. The summed E-state index contributed by atoms with van der Waals surface area (Å²) in [6, 6.07) is 17.4. The summed E-state index contributed by atoms with van der Waals surface area (Å²) in [5, 5.41) is 2.25. The summed E-state index contributed by atoms with van der Waals surface area (Å²) in [6.07, 6.45) is 0.528. The molecule has 0 aliphatic carbocycles. The molecule has 1 amide bonds. The standard InChI is InChI=1S/C16H16ClNO/c1-12-7-9-14(10-8-12)18-16(19)15(17)11-13-5-3-2-4-6-13/h2-10,15H,11H2,1H3,(H,18,19). The Balaban J connectivity index is 1.94. The molecule has 98 valence electrons. The molecule has 1 N–H and O–H groups in total. The fourth-order valence-electron chi connectivity index (χ4n) is 1.77. The van der Waals surface area contributed by atoms with Crippen molar-refractivity contribution in [1.82, 2.24) is 0 Å². The van der Waals surface area contributed by atoms with Crippen LogP contribution in [0.15, 0.2) is 54.6 Å². The molecule has 19 heavy (non-hydrogen) atoms. The van der Waals surface area contributed by atoms with Gasteiger partial charge in [0.1, 0.15) is 5.38 Å². The molecule has 2 nitrogen and oxygen atoms in total. The van der Waals surface area contributed by atoms with Crippen molar-refractivity contribution in [2.24, 2.45) is 0 Å². The Morgan fingerprint density at radius 2 is 1.74 bits per heavy atom. The van der Waals surface area contributed by atoms with Crippen LogP contribution in [0, 0.1) is 6.92 Å². The number of hydrogen-bond donors (Lipinski definition) is 1. The third kappa shape index (κ3) is 4.11. The first-order valence-electron chi connectivity index (χ1n) is 6.20. The predicted octanol–water partition coefficient (Wildman–Crippen LogP) is 3.78. The lowest BCUT2D eigenvalue weighted by molar-refractivity contribution is -0.115. The van der Waals surface area contributed by atoms with Gasteiger partial charge in [-0.25, -0.2) is 0 Å². The molecule has 2 rings (SSSR count). The number of alkyl halides is 1. The lowest BCUT2D eigenvalue weighted by atomic mass is 10.1. The molecule has 0 radical (unpaired) electrons. The number of anilines is 1. The van der Waals surface area contributed by atoms with Gasteiger partial charge in [-0.2, -0.15) is 0 Å². The molecule has 2 aromatic carbocycles. The van der Waals surface area contributed by atoms with Gasteiger partial charge in [0.15, 0.2) is 0 Å². The van der Waals surface area contributed by atoms with Crippen LogP contribution in [0.3, 0.4) is 0 Å². The Morgan fingerprint density at radius 3 is 2.37 bits per heavy atom. The van der Waals surface area contributed by atoms with Crippen molar-refractivity contribution in [3.05, 3.63) is 65.7 Å². The van der Waals surface area contributed by atoms with Crippen LogP contribution in [-0.4, -0.2) is 11.3 Å². The third-order valence-corrected chi connectivity index (χ3v) is 3.21. The maximum atomic E-state index is 12.0. The molecule has 0 aliphatic rings. The zero-order chi connectivity index (χ0) is 13.7. The molecule has 0 aromatic heterocycles. The molecule has 0 saturated carbocycles. The van der Waals surface area contributed by atoms with E-state index < -0.39 is 5.38 Å². The van der Waals surface area contributed by atoms with Gasteiger partial charge >= 0.3 is 0 Å². The summed E-state index contributed by atoms with van der Waals surface area (Å²) in [5.74, 6) is -0.172. The number of halogens is 1. The van der Waals surface area contributed by atoms with E-state index in [2.05, 4.69) is 5.32 Å². The number of benzene rings is 2. The zero-order valence-electron chi connectivity index (χ0n) is 10.8. The second-order valence-corrected chi connectivity index (χ2v) is 5.04. The predicted molar refractivity (Wildman–Crippen MR) is 79.6 cm³/mol. The van der Waals surface area contributed by atoms with Crippen molar-refractivity contribution in [1.29, 1.82) is 0 Å². The fraction of sp³-hybridized carbons (Fsp3) is 0.188. The van der Waals surface area contributed by atoms with Crippen LogP contribution < -0.4 is 5.32 Å². The normalized spacial score (nSPS) is 11.9. The molecule has 3 heteroatoms. The van der Waals surface area contributed by atoms with Crippen LogP contribution >= 0.6 is 11.6 Å². The SMILES string of the molecule is Cc1ccc(NC(=O)C(Cl)Cc2ccccc2)cc1. The van der Waals surface area contributed by atoms with E-state index in [1.54, 1.807) is 0 Å². The van der Waals surface area contributed by atoms with Crippen molar-refractivity contribution < 1.29 is 4.79 Å². The van der Waals surface area contributed by atoms with Gasteiger partial charge in [-0.15, -0.1) is 11.6 Å². The van der Waals surface area contributed by atoms with Gasteiger partial charge in [0.05, 0.1) is 0 Å². The Morgan fingerprint density at radius 1 is 1.11 bits per heavy atom. The highest BCUT2D eigenvalue weighted by Crippen LogP contribution is 2.13. The first-order chi connectivity index (χ1) is 9.15. The van der Waals surface area contributed by atoms with Crippen LogP contribution in [0.5, 0.6) is 0 Å². The fourth-order valence-corrected chi connectivity index (χ4v) is 2.00. The number of aryl methyl sites for hydroxylation is 1. The van der Waals surface area contributed by atoms with E-state index in [9.17, 15) is 4.79 Å². The van der Waals surface area contributed by atoms with E-state index in [-0.39, 0.29) is 5.91 Å². The van der Waals surface area contributed by atoms with E-state index >= 15 is 0 Å². The zero-order valence-corrected chi connectivity index (χ0v) is 11.5. The third-order valence-electron chi connectivity index (χ3n) is 2.86. The molecule has 0 spiro atoms. The lowest BCUT2D eigenvalue weighted by Crippen LogP contribution is -2.25. The van der Waals surface area contributed by atoms with Crippen LogP contribution in [0.4, 0.5) is 5.69 Å². The van der Waals surface area contributed by atoms with E-state index in [0.29, 0.717) is 6.42 Å². The highest BCUT2D eigenvalue weighted by Gasteiger charge is 2.15. The smallest absolute Gasteiger partial charge is 0.242 e. The molecular weight excluding hydrogens is 258 g/mol. The van der Waals surface area contributed by atoms with Crippen LogP contribution in [0.25, 0.3) is 0 Å². The molecule has 0 heterocycles. The van der Waals surface area contributed by atoms with Crippen LogP contribution in [0.1, 0.15) is 11.1 Å². The largest absolute Gasteiger partial charge is 0.325 e. The molecule has 1 atom stereocenters. The second kappa shape index (κ2) is 6.39. The summed E-state index contributed by atoms with van der Waals surface area (Å²) in [4.78, 5) is 12.0. The Hall–Kier alpha value is -1.80. The molecule has 1 unspecified atom stereocenters. The number of carbonyl (C=O) groups excluding carboxylic acids is 1. The summed E-state index contributed by atoms with van der Waals surface area (Å²) in [7, 11) is 0. The molecule has 0 saturated heterocycles. The van der Waals surface area contributed by atoms with Crippen molar-refractivity contribution in [3.8, 4) is 0 Å². The van der Waals surface area contributed by atoms with Crippen LogP contribution in [-0.2, 0) is 11.2 Å². The quantitative estimate of drug-likeness (QED) is 0.844. The van der Waals surface area contributed by atoms with E-state index in [1.807, 2.05) is 61.5 Å². The maximum absolute atomic E-state index is 12.0. The van der Waals surface area contributed by atoms with Gasteiger partial charge < -0.3 is 5.32 Å². The average Bonchev–Trinajstić information content (AvgIpc) is 2.42. The van der Waals surface area contributed by atoms with E-state index in [0.717, 1.165) is 16.8 Å². The van der Waals surface area contributed by atoms with E-state index in [1.165, 1.54) is 0 Å². The van der Waals surface area contributed by atoms with Crippen molar-refractivity contribution in [2.45, 2.75) is 18.7 Å². The molecule has 0 aliphatic heterocycles. The first-order valence-corrected chi connectivity index (χ1v) is 6.64. The summed E-state index contributed by atoms with van der Waals surface area (Å²) < 4.78 is 0. The van der Waals surface area contributed by atoms with Crippen molar-refractivity contribution >= 4 is 23.2 Å². The minimum atomic E-state index is -0.566. The van der Waals surface area contributed by atoms with Gasteiger partial charge in [-0.05, 0) is 31.0 Å². The number of amides is 1. The number of nitrogens with one attached hydrogen (secondary N) is 1. The molecular formula is C16H16ClNO. The highest BCUT2D eigenvalue weighted by atomic mass is 35.5. The minimum absolute atomic E-state index is 0.172. The monoisotopic (exact) mass is 273 g/mol. The summed E-state index contributed by atoms with van der Waals surface area (Å²) in [6.45, 7) is 2.01. The van der Waals surface area contributed by atoms with E-state index in [4.69, 9.17) is 11.6 Å². The van der Waals surface area contributed by atoms with Crippen molar-refractivity contribution in [3.63, 3.8) is 0 Å². The van der Waals surface area contributed by atoms with Gasteiger partial charge in [0.25, 0.3) is 0 Å². The highest BCUT2D eigenvalue weighted by molar-refractivity contribution is 6.32. The number of rotatable bonds is 4. The van der Waals surface area contributed by atoms with Gasteiger partial charge in [-0.3, -0.25) is 4.79 Å². The van der Waals surface area contributed by atoms with Crippen LogP contribution in [0.2, 0.25) is 0 Å². The second-order valence-electron chi connectivity index (χ2n) is 4.51. The topological polar surface area (TPSA) is 29.1 Å². The molecule has 0 fully saturated rings. The average molecular weight is 274 g/mol. The first kappa shape index (κ1) is 13.6. The summed E-state index contributed by atoms with van der Waals surface area (Å²) in [5.41, 5.74) is 2.99. The van der Waals surface area contributed by atoms with Gasteiger partial charge in [0, 0.05) is 5.69 Å². The van der Waals surface area contributed by atoms with Gasteiger partial charge in [0.2, 0.25) is 5.91 Å². The number of carbonyl (C=O) groups is 1. The Bertz CT molecular complexity index is 536. The minimum Gasteiger partial charge on any atom is -0.325 e. The lowest BCUT2D eigenvalue weighted by Gasteiger charge is -2.10. The number of hydrogen-bond acceptors (Lipinski definition) is 1. The Kier molecular flexibility index (Phi) is 4.58.